The van der Waals surface area contributed by atoms with Crippen molar-refractivity contribution in [1.29, 1.82) is 0 Å². The van der Waals surface area contributed by atoms with Crippen LogP contribution in [0.3, 0.4) is 0 Å². The van der Waals surface area contributed by atoms with Crippen molar-refractivity contribution in [2.45, 2.75) is 0 Å². The van der Waals surface area contributed by atoms with Crippen LogP contribution < -0.4 is 11.5 Å². The number of para-hydroxylation sites is 2. The molecule has 7 aromatic carbocycles. The summed E-state index contributed by atoms with van der Waals surface area (Å²) in [6.07, 6.45) is 0. The molecule has 0 amide bonds. The first kappa shape index (κ1) is 28.9. The number of benzene rings is 7. The lowest BCUT2D eigenvalue weighted by Gasteiger charge is -2.22. The number of anilines is 2. The molecule has 1 heterocycles. The normalized spacial score (nSPS) is 11.1. The molecule has 0 aliphatic rings. The van der Waals surface area contributed by atoms with E-state index in [0.717, 1.165) is 78.1 Å². The molecular formula is C44H32N4. The second kappa shape index (κ2) is 12.3. The smallest absolute Gasteiger partial charge is 0.0979 e. The molecule has 48 heavy (non-hydrogen) atoms. The number of aromatic nitrogens is 2. The second-order valence-electron chi connectivity index (χ2n) is 11.8. The zero-order valence-electron chi connectivity index (χ0n) is 26.2. The van der Waals surface area contributed by atoms with Crippen molar-refractivity contribution in [3.63, 3.8) is 0 Å². The Bertz CT molecular complexity index is 2220. The molecule has 0 saturated carbocycles. The van der Waals surface area contributed by atoms with Crippen LogP contribution in [0.15, 0.2) is 170 Å². The van der Waals surface area contributed by atoms with Crippen molar-refractivity contribution in [3.05, 3.63) is 170 Å². The molecule has 0 aliphatic heterocycles. The van der Waals surface area contributed by atoms with E-state index in [1.807, 2.05) is 84.9 Å². The highest BCUT2D eigenvalue weighted by molar-refractivity contribution is 6.05. The van der Waals surface area contributed by atoms with Crippen molar-refractivity contribution in [1.82, 2.24) is 9.97 Å². The van der Waals surface area contributed by atoms with Gasteiger partial charge in [0.15, 0.2) is 0 Å². The number of nitrogens with two attached hydrogens (primary N) is 2. The van der Waals surface area contributed by atoms with Gasteiger partial charge in [-0.2, -0.15) is 0 Å². The predicted molar refractivity (Wildman–Crippen MR) is 201 cm³/mol. The molecule has 4 nitrogen and oxygen atoms in total. The summed E-state index contributed by atoms with van der Waals surface area (Å²) in [5, 5.41) is 0. The highest BCUT2D eigenvalue weighted by atomic mass is 14.8. The van der Waals surface area contributed by atoms with E-state index >= 15 is 0 Å². The van der Waals surface area contributed by atoms with E-state index in [2.05, 4.69) is 84.9 Å². The van der Waals surface area contributed by atoms with Crippen molar-refractivity contribution in [3.8, 4) is 67.0 Å². The van der Waals surface area contributed by atoms with Gasteiger partial charge in [0.2, 0.25) is 0 Å². The maximum Gasteiger partial charge on any atom is 0.0979 e. The third kappa shape index (κ3) is 5.16. The van der Waals surface area contributed by atoms with Gasteiger partial charge in [-0.1, -0.05) is 146 Å². The first-order valence-electron chi connectivity index (χ1n) is 16.0. The van der Waals surface area contributed by atoms with Crippen LogP contribution in [-0.2, 0) is 0 Å². The van der Waals surface area contributed by atoms with Gasteiger partial charge in [0, 0.05) is 44.8 Å². The van der Waals surface area contributed by atoms with E-state index < -0.39 is 0 Å². The quantitative estimate of drug-likeness (QED) is 0.182. The van der Waals surface area contributed by atoms with Gasteiger partial charge >= 0.3 is 0 Å². The molecule has 228 valence electrons. The van der Waals surface area contributed by atoms with Gasteiger partial charge in [0.05, 0.1) is 22.4 Å². The van der Waals surface area contributed by atoms with Gasteiger partial charge in [-0.15, -0.1) is 0 Å². The van der Waals surface area contributed by atoms with Gasteiger partial charge in [-0.3, -0.25) is 0 Å². The molecule has 4 N–H and O–H groups in total. The Morgan fingerprint density at radius 2 is 0.583 bits per heavy atom. The van der Waals surface area contributed by atoms with E-state index in [1.165, 1.54) is 0 Å². The van der Waals surface area contributed by atoms with Crippen LogP contribution in [0.5, 0.6) is 0 Å². The largest absolute Gasteiger partial charge is 0.398 e. The minimum absolute atomic E-state index is 0.697. The Morgan fingerprint density at radius 1 is 0.292 bits per heavy atom. The van der Waals surface area contributed by atoms with Crippen molar-refractivity contribution < 1.29 is 0 Å². The van der Waals surface area contributed by atoms with Gasteiger partial charge < -0.3 is 11.5 Å². The molecular weight excluding hydrogens is 585 g/mol. The molecule has 8 rings (SSSR count). The molecule has 8 aromatic rings. The molecule has 1 aromatic heterocycles. The summed E-state index contributed by atoms with van der Waals surface area (Å²) < 4.78 is 0. The van der Waals surface area contributed by atoms with E-state index in [1.54, 1.807) is 0 Å². The van der Waals surface area contributed by atoms with E-state index in [4.69, 9.17) is 21.4 Å². The number of hydrogen-bond donors (Lipinski definition) is 2. The summed E-state index contributed by atoms with van der Waals surface area (Å²) in [5.41, 5.74) is 28.2. The first-order valence-corrected chi connectivity index (χ1v) is 16.0. The molecule has 0 spiro atoms. The van der Waals surface area contributed by atoms with Crippen molar-refractivity contribution in [2.24, 2.45) is 0 Å². The maximum absolute atomic E-state index is 6.83. The van der Waals surface area contributed by atoms with E-state index in [0.29, 0.717) is 11.4 Å². The zero-order valence-corrected chi connectivity index (χ0v) is 26.2. The van der Waals surface area contributed by atoms with Gasteiger partial charge in [0.1, 0.15) is 0 Å². The Hall–Kier alpha value is -6.52. The Labute approximate surface area is 280 Å². The summed E-state index contributed by atoms with van der Waals surface area (Å²) >= 11 is 0. The fourth-order valence-corrected chi connectivity index (χ4v) is 6.65. The van der Waals surface area contributed by atoms with Crippen LogP contribution >= 0.6 is 0 Å². The number of fused-ring (bicyclic) bond motifs is 1. The van der Waals surface area contributed by atoms with E-state index in [-0.39, 0.29) is 0 Å². The van der Waals surface area contributed by atoms with Crippen LogP contribution in [0.25, 0.3) is 78.1 Å². The Kier molecular flexibility index (Phi) is 7.44. The van der Waals surface area contributed by atoms with Crippen LogP contribution in [0.4, 0.5) is 11.4 Å². The molecule has 0 radical (unpaired) electrons. The Balaban J connectivity index is 1.52. The molecule has 0 unspecified atom stereocenters. The van der Waals surface area contributed by atoms with Gasteiger partial charge in [-0.05, 0) is 46.5 Å². The molecule has 0 fully saturated rings. The summed E-state index contributed by atoms with van der Waals surface area (Å²) in [6.45, 7) is 0. The van der Waals surface area contributed by atoms with Crippen molar-refractivity contribution in [2.75, 3.05) is 11.5 Å². The third-order valence-electron chi connectivity index (χ3n) is 8.81. The maximum atomic E-state index is 6.83. The number of rotatable bonds is 6. The Morgan fingerprint density at radius 3 is 0.917 bits per heavy atom. The lowest BCUT2D eigenvalue weighted by molar-refractivity contribution is 1.29. The van der Waals surface area contributed by atoms with Gasteiger partial charge in [0.25, 0.3) is 0 Å². The van der Waals surface area contributed by atoms with Crippen LogP contribution in [-0.4, -0.2) is 9.97 Å². The zero-order chi connectivity index (χ0) is 32.5. The molecule has 0 aliphatic carbocycles. The highest BCUT2D eigenvalue weighted by Crippen LogP contribution is 2.48. The van der Waals surface area contributed by atoms with Crippen LogP contribution in [0, 0.1) is 0 Å². The molecule has 0 saturated heterocycles. The number of hydrogen-bond acceptors (Lipinski definition) is 4. The fraction of sp³-hybridized carbons (Fsp3) is 0. The van der Waals surface area contributed by atoms with Crippen LogP contribution in [0.2, 0.25) is 0 Å². The lowest BCUT2D eigenvalue weighted by Crippen LogP contribution is -2.02. The fourth-order valence-electron chi connectivity index (χ4n) is 6.65. The van der Waals surface area contributed by atoms with Gasteiger partial charge in [-0.25, -0.2) is 9.97 Å². The molecule has 0 atom stereocenters. The number of nitrogens with zero attached hydrogens (tertiary/aromatic N) is 2. The monoisotopic (exact) mass is 616 g/mol. The average molecular weight is 617 g/mol. The average Bonchev–Trinajstić information content (AvgIpc) is 3.15. The topological polar surface area (TPSA) is 77.8 Å². The van der Waals surface area contributed by atoms with E-state index in [9.17, 15) is 0 Å². The second-order valence-corrected chi connectivity index (χ2v) is 11.8. The first-order chi connectivity index (χ1) is 23.7. The predicted octanol–water partition coefficient (Wildman–Crippen LogP) is 10.8. The van der Waals surface area contributed by atoms with Crippen LogP contribution in [0.1, 0.15) is 0 Å². The molecule has 0 bridgehead atoms. The minimum Gasteiger partial charge on any atom is -0.398 e. The SMILES string of the molecule is Nc1ccc(-c2nc3ccccc3nc2-c2ccc(N)c(-c3ccccc3)c2-c2ccccc2)c(-c2ccccc2)c1-c1ccccc1. The minimum atomic E-state index is 0.697. The summed E-state index contributed by atoms with van der Waals surface area (Å²) in [7, 11) is 0. The summed E-state index contributed by atoms with van der Waals surface area (Å²) in [4.78, 5) is 10.8. The standard InChI is InChI=1S/C44H32N4/c45-35-27-25-33(39(29-15-5-1-6-16-29)41(35)31-19-9-3-10-20-31)43-44(48-38-24-14-13-23-37(38)47-43)34-26-28-36(46)42(32-21-11-4-12-22-32)40(34)30-17-7-2-8-18-30/h1-28H,45-46H2. The lowest BCUT2D eigenvalue weighted by atomic mass is 9.84. The number of nitrogen functional groups attached to an aromatic ring is 2. The highest BCUT2D eigenvalue weighted by Gasteiger charge is 2.25. The summed E-state index contributed by atoms with van der Waals surface area (Å²) in [5.74, 6) is 0. The molecule has 4 heteroatoms. The van der Waals surface area contributed by atoms with Crippen molar-refractivity contribution >= 4 is 22.4 Å². The summed E-state index contributed by atoms with van der Waals surface area (Å²) in [6, 6.07) is 57.7. The third-order valence-corrected chi connectivity index (χ3v) is 8.81.